The van der Waals surface area contributed by atoms with Crippen LogP contribution in [-0.2, 0) is 6.42 Å². The fraction of sp³-hybridized carbons (Fsp3) is 0.667. The Labute approximate surface area is 130 Å². The minimum absolute atomic E-state index is 0.474. The van der Waals surface area contributed by atoms with E-state index in [9.17, 15) is 0 Å². The molecule has 1 rings (SSSR count). The molecule has 21 heavy (non-hydrogen) atoms. The maximum Gasteiger partial charge on any atom is 0.118 e. The standard InChI is InChI=1S/C18H32N2O/c1-14(2)11-17(13-20(4)5)19-15(3)12-16-7-9-18(21-6)10-8-16/h7-10,14-15,17,19H,11-13H2,1-6H3. The van der Waals surface area contributed by atoms with E-state index in [2.05, 4.69) is 57.2 Å². The molecule has 3 nitrogen and oxygen atoms in total. The zero-order chi connectivity index (χ0) is 15.8. The fourth-order valence-corrected chi connectivity index (χ4v) is 2.78. The minimum atomic E-state index is 0.474. The highest BCUT2D eigenvalue weighted by Gasteiger charge is 2.15. The van der Waals surface area contributed by atoms with Crippen molar-refractivity contribution in [3.63, 3.8) is 0 Å². The molecular formula is C18H32N2O. The predicted molar refractivity (Wildman–Crippen MR) is 91.1 cm³/mol. The number of likely N-dealkylation sites (N-methyl/N-ethyl adjacent to an activating group) is 1. The zero-order valence-corrected chi connectivity index (χ0v) is 14.5. The number of nitrogens with zero attached hydrogens (tertiary/aromatic N) is 1. The average molecular weight is 292 g/mol. The topological polar surface area (TPSA) is 24.5 Å². The van der Waals surface area contributed by atoms with Gasteiger partial charge in [0.05, 0.1) is 7.11 Å². The van der Waals surface area contributed by atoms with Crippen LogP contribution in [0.15, 0.2) is 24.3 Å². The van der Waals surface area contributed by atoms with Crippen molar-refractivity contribution in [3.8, 4) is 5.75 Å². The summed E-state index contributed by atoms with van der Waals surface area (Å²) in [6, 6.07) is 9.40. The Balaban J connectivity index is 2.53. The molecule has 2 atom stereocenters. The van der Waals surface area contributed by atoms with Gasteiger partial charge in [-0.05, 0) is 57.5 Å². The third-order valence-electron chi connectivity index (χ3n) is 3.56. The molecule has 0 aromatic heterocycles. The number of hydrogen-bond donors (Lipinski definition) is 1. The first kappa shape index (κ1) is 18.0. The van der Waals surface area contributed by atoms with E-state index in [1.54, 1.807) is 7.11 Å². The van der Waals surface area contributed by atoms with Crippen molar-refractivity contribution in [3.05, 3.63) is 29.8 Å². The van der Waals surface area contributed by atoms with Gasteiger partial charge in [-0.15, -0.1) is 0 Å². The second-order valence-electron chi connectivity index (χ2n) is 6.71. The van der Waals surface area contributed by atoms with Crippen molar-refractivity contribution < 1.29 is 4.74 Å². The van der Waals surface area contributed by atoms with Crippen LogP contribution >= 0.6 is 0 Å². The Hall–Kier alpha value is -1.06. The quantitative estimate of drug-likeness (QED) is 0.756. The Morgan fingerprint density at radius 1 is 1.10 bits per heavy atom. The second-order valence-corrected chi connectivity index (χ2v) is 6.71. The molecule has 0 radical (unpaired) electrons. The van der Waals surface area contributed by atoms with Gasteiger partial charge in [-0.1, -0.05) is 26.0 Å². The molecule has 0 aliphatic heterocycles. The lowest BCUT2D eigenvalue weighted by atomic mass is 10.0. The van der Waals surface area contributed by atoms with Crippen molar-refractivity contribution in [2.75, 3.05) is 27.7 Å². The van der Waals surface area contributed by atoms with Gasteiger partial charge < -0.3 is 15.0 Å². The molecule has 0 spiro atoms. The summed E-state index contributed by atoms with van der Waals surface area (Å²) in [5.41, 5.74) is 1.35. The van der Waals surface area contributed by atoms with Crippen LogP contribution in [0, 0.1) is 5.92 Å². The number of nitrogens with one attached hydrogen (secondary N) is 1. The molecule has 1 aromatic rings. The van der Waals surface area contributed by atoms with Crippen molar-refractivity contribution in [2.24, 2.45) is 5.92 Å². The normalized spacial score (nSPS) is 14.5. The van der Waals surface area contributed by atoms with E-state index in [1.807, 2.05) is 12.1 Å². The summed E-state index contributed by atoms with van der Waals surface area (Å²) in [4.78, 5) is 2.26. The number of benzene rings is 1. The van der Waals surface area contributed by atoms with Crippen LogP contribution in [0.25, 0.3) is 0 Å². The van der Waals surface area contributed by atoms with E-state index in [1.165, 1.54) is 12.0 Å². The van der Waals surface area contributed by atoms with Gasteiger partial charge in [0.25, 0.3) is 0 Å². The monoisotopic (exact) mass is 292 g/mol. The van der Waals surface area contributed by atoms with Crippen molar-refractivity contribution in [2.45, 2.75) is 45.7 Å². The molecule has 0 saturated carbocycles. The molecular weight excluding hydrogens is 260 g/mol. The summed E-state index contributed by atoms with van der Waals surface area (Å²) in [7, 11) is 5.99. The van der Waals surface area contributed by atoms with E-state index in [-0.39, 0.29) is 0 Å². The largest absolute Gasteiger partial charge is 0.497 e. The highest BCUT2D eigenvalue weighted by atomic mass is 16.5. The molecule has 0 amide bonds. The first-order chi connectivity index (χ1) is 9.90. The molecule has 120 valence electrons. The third kappa shape index (κ3) is 7.49. The highest BCUT2D eigenvalue weighted by Crippen LogP contribution is 2.13. The van der Waals surface area contributed by atoms with Crippen LogP contribution in [0.1, 0.15) is 32.8 Å². The molecule has 1 aromatic carbocycles. The lowest BCUT2D eigenvalue weighted by Gasteiger charge is -2.27. The highest BCUT2D eigenvalue weighted by molar-refractivity contribution is 5.27. The van der Waals surface area contributed by atoms with Gasteiger partial charge in [-0.3, -0.25) is 0 Å². The van der Waals surface area contributed by atoms with Crippen LogP contribution in [0.3, 0.4) is 0 Å². The first-order valence-corrected chi connectivity index (χ1v) is 7.94. The van der Waals surface area contributed by atoms with E-state index in [4.69, 9.17) is 4.74 Å². The smallest absolute Gasteiger partial charge is 0.118 e. The lowest BCUT2D eigenvalue weighted by Crippen LogP contribution is -2.44. The van der Waals surface area contributed by atoms with Gasteiger partial charge >= 0.3 is 0 Å². The van der Waals surface area contributed by atoms with Crippen LogP contribution in [0.4, 0.5) is 0 Å². The summed E-state index contributed by atoms with van der Waals surface area (Å²) in [6.07, 6.45) is 2.26. The van der Waals surface area contributed by atoms with Gasteiger partial charge in [-0.25, -0.2) is 0 Å². The fourth-order valence-electron chi connectivity index (χ4n) is 2.78. The Bertz CT molecular complexity index is 377. The van der Waals surface area contributed by atoms with Gasteiger partial charge in [0.2, 0.25) is 0 Å². The van der Waals surface area contributed by atoms with E-state index in [0.717, 1.165) is 24.6 Å². The summed E-state index contributed by atoms with van der Waals surface area (Å²) in [5, 5.41) is 3.78. The SMILES string of the molecule is COc1ccc(CC(C)NC(CC(C)C)CN(C)C)cc1. The number of rotatable bonds is 9. The number of hydrogen-bond acceptors (Lipinski definition) is 3. The Morgan fingerprint density at radius 3 is 2.19 bits per heavy atom. The molecule has 0 fully saturated rings. The van der Waals surface area contributed by atoms with Gasteiger partial charge in [0.1, 0.15) is 5.75 Å². The third-order valence-corrected chi connectivity index (χ3v) is 3.56. The van der Waals surface area contributed by atoms with Crippen LogP contribution in [-0.4, -0.2) is 44.7 Å². The molecule has 0 bridgehead atoms. The lowest BCUT2D eigenvalue weighted by molar-refractivity contribution is 0.289. The molecule has 3 heteroatoms. The van der Waals surface area contributed by atoms with E-state index in [0.29, 0.717) is 12.1 Å². The van der Waals surface area contributed by atoms with Gasteiger partial charge in [0.15, 0.2) is 0 Å². The predicted octanol–water partition coefficient (Wildman–Crippen LogP) is 3.19. The van der Waals surface area contributed by atoms with E-state index < -0.39 is 0 Å². The Morgan fingerprint density at radius 2 is 1.71 bits per heavy atom. The summed E-state index contributed by atoms with van der Waals surface area (Å²) in [5.74, 6) is 1.64. The summed E-state index contributed by atoms with van der Waals surface area (Å²) >= 11 is 0. The van der Waals surface area contributed by atoms with Crippen LogP contribution < -0.4 is 10.1 Å². The van der Waals surface area contributed by atoms with Gasteiger partial charge in [-0.2, -0.15) is 0 Å². The molecule has 0 heterocycles. The zero-order valence-electron chi connectivity index (χ0n) is 14.5. The Kier molecular flexibility index (Phi) is 7.76. The summed E-state index contributed by atoms with van der Waals surface area (Å²) in [6.45, 7) is 7.94. The maximum atomic E-state index is 5.21. The maximum absolute atomic E-state index is 5.21. The molecule has 0 saturated heterocycles. The average Bonchev–Trinajstić information content (AvgIpc) is 2.37. The number of methoxy groups -OCH3 is 1. The minimum Gasteiger partial charge on any atom is -0.497 e. The molecule has 1 N–H and O–H groups in total. The number of ether oxygens (including phenoxy) is 1. The van der Waals surface area contributed by atoms with Crippen molar-refractivity contribution in [1.82, 2.24) is 10.2 Å². The van der Waals surface area contributed by atoms with Crippen molar-refractivity contribution >= 4 is 0 Å². The van der Waals surface area contributed by atoms with E-state index >= 15 is 0 Å². The summed E-state index contributed by atoms with van der Waals surface area (Å²) < 4.78 is 5.21. The van der Waals surface area contributed by atoms with Crippen molar-refractivity contribution in [1.29, 1.82) is 0 Å². The second kappa shape index (κ2) is 9.06. The first-order valence-electron chi connectivity index (χ1n) is 7.94. The van der Waals surface area contributed by atoms with Crippen LogP contribution in [0.2, 0.25) is 0 Å². The molecule has 2 unspecified atom stereocenters. The molecule has 0 aliphatic carbocycles. The van der Waals surface area contributed by atoms with Gasteiger partial charge in [0, 0.05) is 18.6 Å². The van der Waals surface area contributed by atoms with Crippen LogP contribution in [0.5, 0.6) is 5.75 Å². The molecule has 0 aliphatic rings.